The molecule has 0 radical (unpaired) electrons. The van der Waals surface area contributed by atoms with E-state index in [1.807, 2.05) is 12.1 Å². The average molecular weight is 631 g/mol. The minimum Gasteiger partial charge on any atom is -0.382 e. The molecular weight excluding hydrogens is 597 g/mol. The molecule has 1 aliphatic heterocycles. The summed E-state index contributed by atoms with van der Waals surface area (Å²) in [6.45, 7) is 1.32. The molecule has 3 aromatic carbocycles. The number of nitrogens with zero attached hydrogens (tertiary/aromatic N) is 2. The van der Waals surface area contributed by atoms with Crippen LogP contribution in [0.1, 0.15) is 61.3 Å². The number of alkyl halides is 3. The number of anilines is 2. The highest BCUT2D eigenvalue weighted by molar-refractivity contribution is 7.89. The van der Waals surface area contributed by atoms with Crippen LogP contribution >= 0.6 is 0 Å². The van der Waals surface area contributed by atoms with Crippen molar-refractivity contribution < 1.29 is 31.3 Å². The summed E-state index contributed by atoms with van der Waals surface area (Å²) in [6, 6.07) is 14.8. The molecule has 2 N–H and O–H groups in total. The summed E-state index contributed by atoms with van der Waals surface area (Å²) in [5, 5.41) is 17.8. The normalized spacial score (nSPS) is 19.9. The number of halogens is 3. The Morgan fingerprint density at radius 1 is 0.955 bits per heavy atom. The first-order valence-electron chi connectivity index (χ1n) is 14.5. The van der Waals surface area contributed by atoms with E-state index in [4.69, 9.17) is 0 Å². The van der Waals surface area contributed by atoms with E-state index in [-0.39, 0.29) is 30.6 Å². The summed E-state index contributed by atoms with van der Waals surface area (Å²) < 4.78 is 69.9. The molecule has 2 aliphatic rings. The molecule has 44 heavy (non-hydrogen) atoms. The monoisotopic (exact) mass is 630 g/mol. The number of para-hydroxylation sites is 1. The lowest BCUT2D eigenvalue weighted by Crippen LogP contribution is -2.46. The fourth-order valence-electron chi connectivity index (χ4n) is 6.18. The third kappa shape index (κ3) is 6.58. The highest BCUT2D eigenvalue weighted by atomic mass is 32.2. The molecule has 1 saturated carbocycles. The molecule has 1 heterocycles. The van der Waals surface area contributed by atoms with Gasteiger partial charge in [0.25, 0.3) is 5.69 Å². The Labute approximate surface area is 253 Å². The zero-order valence-corrected chi connectivity index (χ0v) is 24.8. The molecule has 5 rings (SSSR count). The van der Waals surface area contributed by atoms with Gasteiger partial charge >= 0.3 is 6.18 Å². The zero-order chi connectivity index (χ0) is 31.6. The Hall–Kier alpha value is -3.97. The minimum absolute atomic E-state index is 0.000862. The van der Waals surface area contributed by atoms with Gasteiger partial charge in [0.1, 0.15) is 0 Å². The first kappa shape index (κ1) is 31.5. The van der Waals surface area contributed by atoms with Crippen LogP contribution in [0, 0.1) is 23.0 Å². The summed E-state index contributed by atoms with van der Waals surface area (Å²) in [4.78, 5) is 24.2. The van der Waals surface area contributed by atoms with Crippen molar-refractivity contribution in [3.8, 4) is 0 Å². The first-order valence-corrected chi connectivity index (χ1v) is 15.9. The lowest BCUT2D eigenvalue weighted by molar-refractivity contribution is -0.387. The molecule has 13 heteroatoms. The predicted molar refractivity (Wildman–Crippen MR) is 160 cm³/mol. The molecule has 2 fully saturated rings. The molecule has 9 nitrogen and oxygen atoms in total. The number of benzene rings is 3. The number of aryl methyl sites for hydroxylation is 1. The number of hydrogen-bond acceptors (Lipinski definition) is 6. The van der Waals surface area contributed by atoms with E-state index < -0.39 is 55.1 Å². The van der Waals surface area contributed by atoms with Crippen LogP contribution in [0.3, 0.4) is 0 Å². The van der Waals surface area contributed by atoms with Gasteiger partial charge in [-0.25, -0.2) is 8.42 Å². The van der Waals surface area contributed by atoms with E-state index in [9.17, 15) is 36.5 Å². The topological polar surface area (TPSA) is 122 Å². The number of amides is 1. The maximum Gasteiger partial charge on any atom is 0.416 e. The van der Waals surface area contributed by atoms with Gasteiger partial charge < -0.3 is 10.6 Å². The molecule has 2 atom stereocenters. The van der Waals surface area contributed by atoms with E-state index in [0.717, 1.165) is 53.9 Å². The quantitative estimate of drug-likeness (QED) is 0.203. The molecule has 234 valence electrons. The van der Waals surface area contributed by atoms with Gasteiger partial charge in [0.2, 0.25) is 15.9 Å². The number of carbonyl (C=O) groups is 1. The standard InChI is InChI=1S/C31H33F3N4O5S/c1-20-12-15-24(19-26(20)31(32,33)34)36-30(39)25-9-6-18-37(44(42,43)28-11-5-4-10-27(28)38(40)41)29(25)21-13-16-23(17-14-21)35-22-7-2-3-8-22/h4-5,10-17,19,22,25,29,35H,2-3,6-9,18H2,1H3,(H,36,39)/t25-,29-/m0/s1. The van der Waals surface area contributed by atoms with Crippen molar-refractivity contribution >= 4 is 33.0 Å². The number of piperidine rings is 1. The largest absolute Gasteiger partial charge is 0.416 e. The maximum absolute atomic E-state index is 14.1. The van der Waals surface area contributed by atoms with Crippen LogP contribution in [0.4, 0.5) is 30.2 Å². The third-order valence-electron chi connectivity index (χ3n) is 8.36. The van der Waals surface area contributed by atoms with Crippen molar-refractivity contribution in [2.24, 2.45) is 5.92 Å². The first-order chi connectivity index (χ1) is 20.9. The fraction of sp³-hybridized carbons (Fsp3) is 0.387. The molecule has 0 spiro atoms. The highest BCUT2D eigenvalue weighted by Crippen LogP contribution is 2.42. The Balaban J connectivity index is 1.52. The molecule has 3 aromatic rings. The van der Waals surface area contributed by atoms with Gasteiger partial charge in [0.15, 0.2) is 4.90 Å². The van der Waals surface area contributed by atoms with Gasteiger partial charge in [-0.05, 0) is 74.1 Å². The summed E-state index contributed by atoms with van der Waals surface area (Å²) in [5.74, 6) is -1.65. The Morgan fingerprint density at radius 3 is 2.27 bits per heavy atom. The summed E-state index contributed by atoms with van der Waals surface area (Å²) >= 11 is 0. The van der Waals surface area contributed by atoms with Crippen molar-refractivity contribution in [1.82, 2.24) is 4.31 Å². The van der Waals surface area contributed by atoms with Gasteiger partial charge in [0, 0.05) is 30.0 Å². The maximum atomic E-state index is 14.1. The Morgan fingerprint density at radius 2 is 1.61 bits per heavy atom. The Kier molecular flexibility index (Phi) is 8.98. The van der Waals surface area contributed by atoms with Crippen molar-refractivity contribution in [3.63, 3.8) is 0 Å². The van der Waals surface area contributed by atoms with E-state index in [1.165, 1.54) is 31.2 Å². The lowest BCUT2D eigenvalue weighted by Gasteiger charge is -2.40. The molecule has 1 aliphatic carbocycles. The van der Waals surface area contributed by atoms with E-state index in [1.54, 1.807) is 12.1 Å². The number of nitro groups is 1. The molecule has 1 amide bonds. The molecule has 1 saturated heterocycles. The zero-order valence-electron chi connectivity index (χ0n) is 24.0. The fourth-order valence-corrected chi connectivity index (χ4v) is 8.03. The molecule has 0 unspecified atom stereocenters. The van der Waals surface area contributed by atoms with Gasteiger partial charge in [0.05, 0.1) is 22.4 Å². The smallest absolute Gasteiger partial charge is 0.382 e. The summed E-state index contributed by atoms with van der Waals surface area (Å²) in [6.07, 6.45) is 0.253. The van der Waals surface area contributed by atoms with Gasteiger partial charge in [-0.3, -0.25) is 14.9 Å². The number of nitro benzene ring substituents is 1. The number of carbonyl (C=O) groups excluding carboxylic acids is 1. The van der Waals surface area contributed by atoms with Crippen LogP contribution in [0.2, 0.25) is 0 Å². The molecule has 0 bridgehead atoms. The van der Waals surface area contributed by atoms with Crippen LogP contribution in [0.25, 0.3) is 0 Å². The predicted octanol–water partition coefficient (Wildman–Crippen LogP) is 7.06. The highest BCUT2D eigenvalue weighted by Gasteiger charge is 2.45. The lowest BCUT2D eigenvalue weighted by atomic mass is 9.85. The van der Waals surface area contributed by atoms with E-state index in [2.05, 4.69) is 10.6 Å². The SMILES string of the molecule is Cc1ccc(NC(=O)[C@H]2CCCN(S(=O)(=O)c3ccccc3[N+](=O)[O-])[C@H]2c2ccc(NC3CCCC3)cc2)cc1C(F)(F)F. The molecule has 0 aromatic heterocycles. The van der Waals surface area contributed by atoms with Crippen LogP contribution in [0.5, 0.6) is 0 Å². The average Bonchev–Trinajstić information content (AvgIpc) is 3.50. The Bertz CT molecular complexity index is 1640. The van der Waals surface area contributed by atoms with Crippen LogP contribution in [-0.4, -0.2) is 36.1 Å². The van der Waals surface area contributed by atoms with Gasteiger partial charge in [-0.2, -0.15) is 17.5 Å². The van der Waals surface area contributed by atoms with Crippen molar-refractivity contribution in [1.29, 1.82) is 0 Å². The van der Waals surface area contributed by atoms with Crippen LogP contribution in [0.15, 0.2) is 71.6 Å². The number of nitrogens with one attached hydrogen (secondary N) is 2. The van der Waals surface area contributed by atoms with Crippen LogP contribution in [-0.2, 0) is 21.0 Å². The summed E-state index contributed by atoms with van der Waals surface area (Å²) in [7, 11) is -4.49. The van der Waals surface area contributed by atoms with Crippen molar-refractivity contribution in [2.75, 3.05) is 17.2 Å². The minimum atomic E-state index is -4.62. The number of sulfonamides is 1. The number of hydrogen-bond donors (Lipinski definition) is 2. The van der Waals surface area contributed by atoms with E-state index >= 15 is 0 Å². The van der Waals surface area contributed by atoms with Crippen LogP contribution < -0.4 is 10.6 Å². The number of rotatable bonds is 8. The second-order valence-electron chi connectivity index (χ2n) is 11.3. The van der Waals surface area contributed by atoms with E-state index in [0.29, 0.717) is 11.6 Å². The van der Waals surface area contributed by atoms with Gasteiger partial charge in [-0.15, -0.1) is 0 Å². The molecular formula is C31H33F3N4O5S. The van der Waals surface area contributed by atoms with Crippen molar-refractivity contribution in [3.05, 3.63) is 93.5 Å². The van der Waals surface area contributed by atoms with Crippen molar-refractivity contribution in [2.45, 2.75) is 68.6 Å². The third-order valence-corrected chi connectivity index (χ3v) is 10.3. The second kappa shape index (κ2) is 12.6. The second-order valence-corrected chi connectivity index (χ2v) is 13.2. The van der Waals surface area contributed by atoms with Gasteiger partial charge in [-0.1, -0.05) is 43.2 Å². The summed E-state index contributed by atoms with van der Waals surface area (Å²) in [5.41, 5.74) is -0.219.